The molecule has 0 aliphatic heterocycles. The van der Waals surface area contributed by atoms with Crippen molar-refractivity contribution < 1.29 is 9.90 Å². The van der Waals surface area contributed by atoms with Gasteiger partial charge in [-0.2, -0.15) is 0 Å². The van der Waals surface area contributed by atoms with Gasteiger partial charge in [0.2, 0.25) is 0 Å². The lowest BCUT2D eigenvalue weighted by Crippen LogP contribution is -2.01. The van der Waals surface area contributed by atoms with Gasteiger partial charge in [0, 0.05) is 5.56 Å². The van der Waals surface area contributed by atoms with E-state index in [2.05, 4.69) is 15.9 Å². The van der Waals surface area contributed by atoms with E-state index in [1.165, 1.54) is 0 Å². The first-order chi connectivity index (χ1) is 7.70. The number of rotatable bonds is 2. The number of phenolic OH excluding ortho intramolecular Hbond substituents is 1. The molecule has 0 saturated carbocycles. The highest BCUT2D eigenvalue weighted by molar-refractivity contribution is 9.10. The molecule has 0 amide bonds. The van der Waals surface area contributed by atoms with E-state index in [-0.39, 0.29) is 11.5 Å². The van der Waals surface area contributed by atoms with Crippen molar-refractivity contribution >= 4 is 21.7 Å². The molecule has 80 valence electrons. The first-order valence-electron chi connectivity index (χ1n) is 4.77. The van der Waals surface area contributed by atoms with Crippen molar-refractivity contribution in [3.8, 4) is 5.75 Å². The molecular weight excluding hydrogens is 268 g/mol. The van der Waals surface area contributed by atoms with Crippen LogP contribution in [0.5, 0.6) is 5.75 Å². The lowest BCUT2D eigenvalue weighted by atomic mass is 10.0. The Labute approximate surface area is 102 Å². The van der Waals surface area contributed by atoms with E-state index in [1.807, 2.05) is 6.07 Å². The summed E-state index contributed by atoms with van der Waals surface area (Å²) in [5, 5.41) is 9.76. The largest absolute Gasteiger partial charge is 0.506 e. The van der Waals surface area contributed by atoms with Crippen LogP contribution in [0.1, 0.15) is 15.9 Å². The first-order valence-corrected chi connectivity index (χ1v) is 5.56. The monoisotopic (exact) mass is 276 g/mol. The van der Waals surface area contributed by atoms with Crippen LogP contribution in [0.4, 0.5) is 0 Å². The summed E-state index contributed by atoms with van der Waals surface area (Å²) in [5.41, 5.74) is 0.872. The molecule has 0 bridgehead atoms. The SMILES string of the molecule is O=C(c1ccccc1)c1cccc(Br)c1O. The second kappa shape index (κ2) is 4.49. The van der Waals surface area contributed by atoms with Gasteiger partial charge >= 0.3 is 0 Å². The lowest BCUT2D eigenvalue weighted by molar-refractivity contribution is 0.103. The third-order valence-electron chi connectivity index (χ3n) is 2.27. The average molecular weight is 277 g/mol. The Morgan fingerprint density at radius 3 is 2.38 bits per heavy atom. The molecule has 0 atom stereocenters. The molecule has 2 aromatic carbocycles. The van der Waals surface area contributed by atoms with Crippen LogP contribution in [0.2, 0.25) is 0 Å². The molecule has 2 rings (SSSR count). The number of para-hydroxylation sites is 1. The maximum Gasteiger partial charge on any atom is 0.196 e. The molecular formula is C13H9BrO2. The molecule has 2 nitrogen and oxygen atoms in total. The van der Waals surface area contributed by atoms with Crippen LogP contribution in [-0.2, 0) is 0 Å². The number of aromatic hydroxyl groups is 1. The van der Waals surface area contributed by atoms with Gasteiger partial charge in [0.05, 0.1) is 10.0 Å². The highest BCUT2D eigenvalue weighted by Crippen LogP contribution is 2.28. The number of benzene rings is 2. The summed E-state index contributed by atoms with van der Waals surface area (Å²) >= 11 is 3.18. The van der Waals surface area contributed by atoms with Crippen LogP contribution in [0, 0.1) is 0 Å². The zero-order valence-corrected chi connectivity index (χ0v) is 9.94. The molecule has 0 aliphatic rings. The average Bonchev–Trinajstić information content (AvgIpc) is 2.33. The third kappa shape index (κ3) is 1.99. The van der Waals surface area contributed by atoms with E-state index in [0.29, 0.717) is 15.6 Å². The van der Waals surface area contributed by atoms with Crippen molar-refractivity contribution in [1.29, 1.82) is 0 Å². The minimum atomic E-state index is -0.181. The van der Waals surface area contributed by atoms with Gasteiger partial charge < -0.3 is 5.11 Å². The van der Waals surface area contributed by atoms with Crippen LogP contribution >= 0.6 is 15.9 Å². The molecule has 1 N–H and O–H groups in total. The predicted molar refractivity (Wildman–Crippen MR) is 65.7 cm³/mol. The Morgan fingerprint density at radius 2 is 1.69 bits per heavy atom. The molecule has 0 unspecified atom stereocenters. The molecule has 0 heterocycles. The number of hydrogen-bond donors (Lipinski definition) is 1. The maximum atomic E-state index is 12.0. The highest BCUT2D eigenvalue weighted by Gasteiger charge is 2.14. The molecule has 3 heteroatoms. The zero-order chi connectivity index (χ0) is 11.5. The smallest absolute Gasteiger partial charge is 0.196 e. The minimum Gasteiger partial charge on any atom is -0.506 e. The Kier molecular flexibility index (Phi) is 3.06. The summed E-state index contributed by atoms with van der Waals surface area (Å²) in [4.78, 5) is 12.0. The van der Waals surface area contributed by atoms with E-state index in [0.717, 1.165) is 0 Å². The summed E-state index contributed by atoms with van der Waals surface area (Å²) in [5.74, 6) is -0.198. The summed E-state index contributed by atoms with van der Waals surface area (Å²) in [6.45, 7) is 0. The highest BCUT2D eigenvalue weighted by atomic mass is 79.9. The molecule has 0 aromatic heterocycles. The number of halogens is 1. The quantitative estimate of drug-likeness (QED) is 0.854. The van der Waals surface area contributed by atoms with Gasteiger partial charge in [-0.1, -0.05) is 36.4 Å². The van der Waals surface area contributed by atoms with E-state index >= 15 is 0 Å². The fourth-order valence-electron chi connectivity index (χ4n) is 1.44. The molecule has 0 fully saturated rings. The fourth-order valence-corrected chi connectivity index (χ4v) is 1.81. The standard InChI is InChI=1S/C13H9BrO2/c14-11-8-4-7-10(13(11)16)12(15)9-5-2-1-3-6-9/h1-8,16H. The molecule has 0 radical (unpaired) electrons. The molecule has 2 aromatic rings. The number of ketones is 1. The van der Waals surface area contributed by atoms with Crippen LogP contribution in [0.25, 0.3) is 0 Å². The Bertz CT molecular complexity index is 521. The Balaban J connectivity index is 2.46. The zero-order valence-electron chi connectivity index (χ0n) is 8.35. The number of hydrogen-bond acceptors (Lipinski definition) is 2. The normalized spacial score (nSPS) is 10.1. The summed E-state index contributed by atoms with van der Waals surface area (Å²) < 4.78 is 0.522. The molecule has 0 spiro atoms. The van der Waals surface area contributed by atoms with E-state index < -0.39 is 0 Å². The van der Waals surface area contributed by atoms with Crippen molar-refractivity contribution in [2.75, 3.05) is 0 Å². The number of phenols is 1. The van der Waals surface area contributed by atoms with Gasteiger partial charge in [0.1, 0.15) is 5.75 Å². The van der Waals surface area contributed by atoms with Crippen LogP contribution in [-0.4, -0.2) is 10.9 Å². The van der Waals surface area contributed by atoms with Crippen LogP contribution < -0.4 is 0 Å². The van der Waals surface area contributed by atoms with Crippen molar-refractivity contribution in [2.45, 2.75) is 0 Å². The molecule has 0 aliphatic carbocycles. The Morgan fingerprint density at radius 1 is 1.00 bits per heavy atom. The fraction of sp³-hybridized carbons (Fsp3) is 0. The first kappa shape index (κ1) is 10.9. The van der Waals surface area contributed by atoms with Crippen molar-refractivity contribution in [1.82, 2.24) is 0 Å². The van der Waals surface area contributed by atoms with Crippen molar-refractivity contribution in [3.05, 3.63) is 64.1 Å². The summed E-state index contributed by atoms with van der Waals surface area (Å²) in [7, 11) is 0. The van der Waals surface area contributed by atoms with Gasteiger partial charge in [-0.3, -0.25) is 4.79 Å². The van der Waals surface area contributed by atoms with Crippen molar-refractivity contribution in [3.63, 3.8) is 0 Å². The molecule has 0 saturated heterocycles. The molecule has 16 heavy (non-hydrogen) atoms. The van der Waals surface area contributed by atoms with Gasteiger partial charge in [-0.25, -0.2) is 0 Å². The van der Waals surface area contributed by atoms with Gasteiger partial charge in [0.25, 0.3) is 0 Å². The second-order valence-corrected chi connectivity index (χ2v) is 4.19. The van der Waals surface area contributed by atoms with Crippen LogP contribution in [0.15, 0.2) is 53.0 Å². The van der Waals surface area contributed by atoms with Crippen molar-refractivity contribution in [2.24, 2.45) is 0 Å². The van der Waals surface area contributed by atoms with E-state index in [1.54, 1.807) is 42.5 Å². The summed E-state index contributed by atoms with van der Waals surface area (Å²) in [6, 6.07) is 13.9. The van der Waals surface area contributed by atoms with Gasteiger partial charge in [0.15, 0.2) is 5.78 Å². The second-order valence-electron chi connectivity index (χ2n) is 3.33. The van der Waals surface area contributed by atoms with E-state index in [4.69, 9.17) is 0 Å². The topological polar surface area (TPSA) is 37.3 Å². The van der Waals surface area contributed by atoms with E-state index in [9.17, 15) is 9.90 Å². The van der Waals surface area contributed by atoms with Crippen LogP contribution in [0.3, 0.4) is 0 Å². The summed E-state index contributed by atoms with van der Waals surface area (Å²) in [6.07, 6.45) is 0. The third-order valence-corrected chi connectivity index (χ3v) is 2.91. The van der Waals surface area contributed by atoms with Gasteiger partial charge in [-0.15, -0.1) is 0 Å². The lowest BCUT2D eigenvalue weighted by Gasteiger charge is -2.04. The predicted octanol–water partition coefficient (Wildman–Crippen LogP) is 3.39. The number of carbonyl (C=O) groups excluding carboxylic acids is 1. The maximum absolute atomic E-state index is 12.0. The minimum absolute atomic E-state index is 0.0173. The number of carbonyl (C=O) groups is 1. The van der Waals surface area contributed by atoms with Gasteiger partial charge in [-0.05, 0) is 28.1 Å². The Hall–Kier alpha value is -1.61.